The van der Waals surface area contributed by atoms with Crippen LogP contribution in [0.2, 0.25) is 0 Å². The Bertz CT molecular complexity index is 1870. The lowest BCUT2D eigenvalue weighted by Crippen LogP contribution is -2.38. The van der Waals surface area contributed by atoms with Crippen molar-refractivity contribution in [2.45, 2.75) is 75.6 Å². The van der Waals surface area contributed by atoms with Crippen molar-refractivity contribution in [2.75, 3.05) is 24.1 Å². The number of carboxylic acid groups (broad SMARTS) is 1. The zero-order valence-electron chi connectivity index (χ0n) is 27.5. The predicted molar refractivity (Wildman–Crippen MR) is 199 cm³/mol. The number of piperidine rings is 1. The van der Waals surface area contributed by atoms with E-state index in [2.05, 4.69) is 50.2 Å². The van der Waals surface area contributed by atoms with Crippen LogP contribution in [0.1, 0.15) is 83.6 Å². The molecule has 0 radical (unpaired) electrons. The number of aromatic nitrogens is 3. The number of ether oxygens (including phenoxy) is 2. The van der Waals surface area contributed by atoms with Crippen molar-refractivity contribution >= 4 is 68.1 Å². The fourth-order valence-electron chi connectivity index (χ4n) is 7.01. The molecule has 0 unspecified atom stereocenters. The molecule has 4 aromatic rings. The van der Waals surface area contributed by atoms with Crippen molar-refractivity contribution in [1.29, 1.82) is 0 Å². The number of aryl methyl sites for hydroxylation is 1. The quantitative estimate of drug-likeness (QED) is 0.135. The van der Waals surface area contributed by atoms with E-state index in [4.69, 9.17) is 14.5 Å². The summed E-state index contributed by atoms with van der Waals surface area (Å²) in [6, 6.07) is 7.32. The molecule has 0 saturated carbocycles. The first-order chi connectivity index (χ1) is 23.0. The second kappa shape index (κ2) is 14.2. The van der Waals surface area contributed by atoms with Gasteiger partial charge >= 0.3 is 5.97 Å². The predicted octanol–water partition coefficient (Wildman–Crippen LogP) is 7.95. The summed E-state index contributed by atoms with van der Waals surface area (Å²) in [6.07, 6.45) is 5.30. The molecule has 1 fully saturated rings. The molecule has 0 aliphatic carbocycles. The number of halogens is 3. The van der Waals surface area contributed by atoms with Crippen molar-refractivity contribution in [3.8, 4) is 16.9 Å². The first kappa shape index (κ1) is 35.0. The highest BCUT2D eigenvalue weighted by atomic mass is 127. The van der Waals surface area contributed by atoms with Crippen LogP contribution < -0.4 is 4.74 Å². The van der Waals surface area contributed by atoms with Crippen LogP contribution in [0, 0.1) is 19.7 Å². The van der Waals surface area contributed by atoms with Gasteiger partial charge in [0.15, 0.2) is 17.7 Å². The molecule has 0 spiro atoms. The molecule has 48 heavy (non-hydrogen) atoms. The number of amides is 1. The maximum atomic E-state index is 15.8. The van der Waals surface area contributed by atoms with E-state index in [9.17, 15) is 14.7 Å². The van der Waals surface area contributed by atoms with Gasteiger partial charge in [-0.3, -0.25) is 9.78 Å². The average molecular weight is 881 g/mol. The molecule has 1 atom stereocenters. The Kier molecular flexibility index (Phi) is 10.3. The van der Waals surface area contributed by atoms with E-state index < -0.39 is 23.5 Å². The van der Waals surface area contributed by atoms with Crippen LogP contribution in [0.5, 0.6) is 5.75 Å². The van der Waals surface area contributed by atoms with Gasteiger partial charge < -0.3 is 24.0 Å². The monoisotopic (exact) mass is 880 g/mol. The molecule has 0 bridgehead atoms. The standard InChI is InChI=1S/C36H39FI2N4O5/c1-20-24-6-5-15-47-31(24)27(37)16-25(20)30-26-17-28(34(44)42-13-9-23(10-14-42)22-7-11-40-12-8-22)43(19-39)33(26)41-21(2)29(30)32(35(45)46)48-36(3,4)18-38/h7-8,11-12,16-17,23,32H,5-6,9-10,13-15,18-19H2,1-4H3,(H,45,46)/t32-/m0/s1. The van der Waals surface area contributed by atoms with Crippen molar-refractivity contribution in [2.24, 2.45) is 0 Å². The molecule has 3 aromatic heterocycles. The Labute approximate surface area is 306 Å². The van der Waals surface area contributed by atoms with Crippen molar-refractivity contribution in [3.05, 3.63) is 76.1 Å². The number of rotatable bonds is 9. The Hall–Kier alpha value is -2.85. The smallest absolute Gasteiger partial charge is 0.337 e. The number of benzene rings is 1. The second-order valence-corrected chi connectivity index (χ2v) is 14.6. The molecule has 12 heteroatoms. The first-order valence-electron chi connectivity index (χ1n) is 16.2. The summed E-state index contributed by atoms with van der Waals surface area (Å²) >= 11 is 4.40. The van der Waals surface area contributed by atoms with Crippen molar-refractivity contribution in [1.82, 2.24) is 19.4 Å². The normalized spacial score (nSPS) is 16.1. The van der Waals surface area contributed by atoms with Gasteiger partial charge in [-0.05, 0) is 100 Å². The Balaban J connectivity index is 1.53. The number of carbonyl (C=O) groups excluding carboxylic acids is 1. The fraction of sp³-hybridized carbons (Fsp3) is 0.444. The molecule has 1 N–H and O–H groups in total. The van der Waals surface area contributed by atoms with Gasteiger partial charge in [0.05, 0.1) is 16.8 Å². The maximum absolute atomic E-state index is 15.8. The highest BCUT2D eigenvalue weighted by molar-refractivity contribution is 14.1. The van der Waals surface area contributed by atoms with E-state index >= 15 is 4.39 Å². The van der Waals surface area contributed by atoms with Crippen LogP contribution in [0.15, 0.2) is 36.7 Å². The summed E-state index contributed by atoms with van der Waals surface area (Å²) in [5.74, 6) is -1.17. The zero-order chi connectivity index (χ0) is 34.3. The minimum atomic E-state index is -1.38. The summed E-state index contributed by atoms with van der Waals surface area (Å²) in [5, 5.41) is 11.2. The topological polar surface area (TPSA) is 107 Å². The highest BCUT2D eigenvalue weighted by Gasteiger charge is 2.36. The molecule has 2 aliphatic heterocycles. The SMILES string of the molecule is Cc1nc2c(cc(C(=O)N3CCC(c4ccncc4)CC3)n2CI)c(-c2cc(F)c3c(c2C)CCCO3)c1[C@H](OC(C)(C)CI)C(=O)O. The summed E-state index contributed by atoms with van der Waals surface area (Å²) in [6.45, 7) is 9.03. The molecule has 254 valence electrons. The molecule has 6 rings (SSSR count). The van der Waals surface area contributed by atoms with E-state index in [1.807, 2.05) is 48.4 Å². The number of alkyl halides is 2. The second-order valence-electron chi connectivity index (χ2n) is 13.2. The lowest BCUT2D eigenvalue weighted by Gasteiger charge is -2.32. The third kappa shape index (κ3) is 6.55. The van der Waals surface area contributed by atoms with Gasteiger partial charge in [-0.2, -0.15) is 0 Å². The third-order valence-electron chi connectivity index (χ3n) is 9.52. The Morgan fingerprint density at radius 2 is 1.88 bits per heavy atom. The van der Waals surface area contributed by atoms with Crippen LogP contribution in [0.4, 0.5) is 4.39 Å². The molecule has 5 heterocycles. The van der Waals surface area contributed by atoms with Gasteiger partial charge in [-0.25, -0.2) is 14.2 Å². The Morgan fingerprint density at radius 3 is 2.52 bits per heavy atom. The van der Waals surface area contributed by atoms with Gasteiger partial charge in [0.1, 0.15) is 11.3 Å². The summed E-state index contributed by atoms with van der Waals surface area (Å²) in [7, 11) is 0. The molecular formula is C36H39FI2N4O5. The molecule has 9 nitrogen and oxygen atoms in total. The molecule has 1 aromatic carbocycles. The van der Waals surface area contributed by atoms with Crippen LogP contribution in [0.25, 0.3) is 22.2 Å². The number of carbonyl (C=O) groups is 2. The van der Waals surface area contributed by atoms with Crippen LogP contribution in [-0.2, 0) is 20.5 Å². The largest absolute Gasteiger partial charge is 0.490 e. The lowest BCUT2D eigenvalue weighted by atomic mass is 9.86. The number of carboxylic acids is 1. The van der Waals surface area contributed by atoms with E-state index in [-0.39, 0.29) is 11.7 Å². The van der Waals surface area contributed by atoms with Crippen LogP contribution in [0.3, 0.4) is 0 Å². The molecule has 1 saturated heterocycles. The van der Waals surface area contributed by atoms with Gasteiger partial charge in [0, 0.05) is 57.7 Å². The number of likely N-dealkylation sites (tertiary alicyclic amines) is 1. The van der Waals surface area contributed by atoms with E-state index in [0.29, 0.717) is 80.1 Å². The molecule has 2 aliphatic rings. The number of fused-ring (bicyclic) bond motifs is 2. The minimum Gasteiger partial charge on any atom is -0.490 e. The number of hydrogen-bond acceptors (Lipinski definition) is 6. The first-order valence-corrected chi connectivity index (χ1v) is 19.2. The summed E-state index contributed by atoms with van der Waals surface area (Å²) < 4.78 is 30.7. The van der Waals surface area contributed by atoms with E-state index in [1.54, 1.807) is 19.3 Å². The lowest BCUT2D eigenvalue weighted by molar-refractivity contribution is -0.160. The van der Waals surface area contributed by atoms with Gasteiger partial charge in [0.25, 0.3) is 5.91 Å². The van der Waals surface area contributed by atoms with Crippen molar-refractivity contribution < 1.29 is 28.6 Å². The molecular weight excluding hydrogens is 841 g/mol. The van der Waals surface area contributed by atoms with Gasteiger partial charge in [-0.1, -0.05) is 45.2 Å². The molecule has 1 amide bonds. The minimum absolute atomic E-state index is 0.109. The number of pyridine rings is 2. The number of nitrogens with zero attached hydrogens (tertiary/aromatic N) is 4. The Morgan fingerprint density at radius 1 is 1.17 bits per heavy atom. The maximum Gasteiger partial charge on any atom is 0.337 e. The van der Waals surface area contributed by atoms with Crippen LogP contribution >= 0.6 is 45.2 Å². The summed E-state index contributed by atoms with van der Waals surface area (Å²) in [5.41, 5.74) is 4.92. The number of aliphatic carboxylic acids is 1. The van der Waals surface area contributed by atoms with Gasteiger partial charge in [0.2, 0.25) is 0 Å². The van der Waals surface area contributed by atoms with E-state index in [0.717, 1.165) is 30.4 Å². The van der Waals surface area contributed by atoms with Crippen molar-refractivity contribution in [3.63, 3.8) is 0 Å². The fourth-order valence-corrected chi connectivity index (χ4v) is 7.88. The average Bonchev–Trinajstić information content (AvgIpc) is 3.46. The zero-order valence-corrected chi connectivity index (χ0v) is 31.8. The van der Waals surface area contributed by atoms with Gasteiger partial charge in [-0.15, -0.1) is 0 Å². The van der Waals surface area contributed by atoms with Crippen LogP contribution in [-0.4, -0.2) is 66.1 Å². The highest BCUT2D eigenvalue weighted by Crippen LogP contribution is 2.45. The van der Waals surface area contributed by atoms with E-state index in [1.165, 1.54) is 11.6 Å². The third-order valence-corrected chi connectivity index (χ3v) is 12.0. The number of hydrogen-bond donors (Lipinski definition) is 1. The summed E-state index contributed by atoms with van der Waals surface area (Å²) in [4.78, 5) is 38.2.